The average molecular weight is 506 g/mol. The van der Waals surface area contributed by atoms with Gasteiger partial charge in [-0.1, -0.05) is 46.8 Å². The van der Waals surface area contributed by atoms with Crippen LogP contribution < -0.4 is 0 Å². The van der Waals surface area contributed by atoms with E-state index in [1.165, 1.54) is 56.9 Å². The van der Waals surface area contributed by atoms with E-state index >= 15 is 0 Å². The fourth-order valence-electron chi connectivity index (χ4n) is 11.8. The third kappa shape index (κ3) is 3.41. The van der Waals surface area contributed by atoms with Crippen molar-refractivity contribution in [2.45, 2.75) is 112 Å². The molecule has 5 saturated carbocycles. The molecule has 0 amide bonds. The molecule has 0 radical (unpaired) electrons. The highest BCUT2D eigenvalue weighted by molar-refractivity contribution is 7.32. The van der Waals surface area contributed by atoms with Gasteiger partial charge in [0.2, 0.25) is 0 Å². The Labute approximate surface area is 214 Å². The van der Waals surface area contributed by atoms with Gasteiger partial charge in [-0.05, 0) is 128 Å². The lowest BCUT2D eigenvalue weighted by molar-refractivity contribution is -0.247. The molecule has 0 spiro atoms. The van der Waals surface area contributed by atoms with Crippen LogP contribution in [0, 0.1) is 56.7 Å². The average Bonchev–Trinajstić information content (AvgIpc) is 3.16. The normalized spacial score (nSPS) is 53.1. The van der Waals surface area contributed by atoms with Crippen molar-refractivity contribution in [1.82, 2.24) is 0 Å². The van der Waals surface area contributed by atoms with Gasteiger partial charge in [0.15, 0.2) is 0 Å². The van der Waals surface area contributed by atoms with Gasteiger partial charge in [-0.25, -0.2) is 0 Å². The molecular formula is C30H50O4P+. The zero-order valence-corrected chi connectivity index (χ0v) is 24.0. The summed E-state index contributed by atoms with van der Waals surface area (Å²) in [6.45, 7) is 19.4. The van der Waals surface area contributed by atoms with E-state index in [2.05, 4.69) is 48.1 Å². The standard InChI is InChI=1S/C30H49O4P/c1-19(2)20-10-15-30(18-31)17-16-28(6)21(25(20)30)8-9-23-27(5)13-12-24(34-35(32)33)26(3,4)22(27)11-14-29(23,28)7/h20-25,31H,1,8-18H2,2-7H3/p+1/t20-,21+,22-,23+,24-,25+,27-,28+,29+,30+/m0/s1. The number of rotatable bonds is 4. The zero-order valence-electron chi connectivity index (χ0n) is 23.1. The van der Waals surface area contributed by atoms with Gasteiger partial charge in [-0.3, -0.25) is 0 Å². The molecular weight excluding hydrogens is 455 g/mol. The van der Waals surface area contributed by atoms with E-state index in [9.17, 15) is 14.6 Å². The summed E-state index contributed by atoms with van der Waals surface area (Å²) in [7, 11) is -2.57. The van der Waals surface area contributed by atoms with Crippen molar-refractivity contribution in [3.63, 3.8) is 0 Å². The Hall–Kier alpha value is -0.280. The maximum absolute atomic E-state index is 11.6. The van der Waals surface area contributed by atoms with E-state index in [0.717, 1.165) is 12.8 Å². The third-order valence-corrected chi connectivity index (χ3v) is 14.1. The van der Waals surface area contributed by atoms with Gasteiger partial charge in [-0.2, -0.15) is 0 Å². The monoisotopic (exact) mass is 505 g/mol. The van der Waals surface area contributed by atoms with Gasteiger partial charge >= 0.3 is 8.25 Å². The molecule has 5 aliphatic rings. The van der Waals surface area contributed by atoms with E-state index in [1.807, 2.05) is 0 Å². The molecule has 5 fully saturated rings. The van der Waals surface area contributed by atoms with Gasteiger partial charge in [-0.15, -0.1) is 9.42 Å². The molecule has 5 rings (SSSR count). The van der Waals surface area contributed by atoms with E-state index < -0.39 is 8.25 Å². The molecule has 0 aromatic heterocycles. The Morgan fingerprint density at radius 2 is 1.63 bits per heavy atom. The van der Waals surface area contributed by atoms with Crippen molar-refractivity contribution in [3.05, 3.63) is 12.2 Å². The van der Waals surface area contributed by atoms with Crippen molar-refractivity contribution >= 4 is 8.25 Å². The van der Waals surface area contributed by atoms with E-state index in [0.29, 0.717) is 36.2 Å². The molecule has 0 saturated heterocycles. The molecule has 0 aromatic carbocycles. The third-order valence-electron chi connectivity index (χ3n) is 13.7. The molecule has 2 N–H and O–H groups in total. The van der Waals surface area contributed by atoms with Crippen molar-refractivity contribution in [2.24, 2.45) is 56.7 Å². The summed E-state index contributed by atoms with van der Waals surface area (Å²) >= 11 is 0. The summed E-state index contributed by atoms with van der Waals surface area (Å²) in [5.41, 5.74) is 2.15. The molecule has 0 aliphatic heterocycles. The van der Waals surface area contributed by atoms with Gasteiger partial charge in [0, 0.05) is 11.2 Å². The first kappa shape index (κ1) is 26.3. The predicted octanol–water partition coefficient (Wildman–Crippen LogP) is 7.67. The quantitative estimate of drug-likeness (QED) is 0.304. The molecule has 198 valence electrons. The SMILES string of the molecule is C=C(C)[C@@H]1CC[C@]2(CO)CC[C@]3(C)[C@H](CC[C@@H]4[C@@]5(C)CC[C@H](O[P+](=O)O)C(C)(C)[C@@H]5CC[C@]43C)[C@@H]12. The number of aliphatic hydroxyl groups is 1. The minimum absolute atomic E-state index is 0.102. The van der Waals surface area contributed by atoms with Crippen LogP contribution in [0.4, 0.5) is 0 Å². The number of fused-ring (bicyclic) bond motifs is 7. The lowest BCUT2D eigenvalue weighted by Crippen LogP contribution is -2.66. The molecule has 5 heteroatoms. The van der Waals surface area contributed by atoms with Crippen LogP contribution in [0.2, 0.25) is 0 Å². The Morgan fingerprint density at radius 3 is 2.26 bits per heavy atom. The first-order chi connectivity index (χ1) is 16.3. The number of hydrogen-bond donors (Lipinski definition) is 2. The van der Waals surface area contributed by atoms with Crippen LogP contribution in [-0.4, -0.2) is 22.7 Å². The fourth-order valence-corrected chi connectivity index (χ4v) is 12.4. The summed E-state index contributed by atoms with van der Waals surface area (Å²) in [5.74, 6) is 2.99. The second kappa shape index (κ2) is 8.36. The van der Waals surface area contributed by atoms with Crippen LogP contribution in [0.25, 0.3) is 0 Å². The summed E-state index contributed by atoms with van der Waals surface area (Å²) in [5, 5.41) is 10.7. The first-order valence-electron chi connectivity index (χ1n) is 14.4. The van der Waals surface area contributed by atoms with Crippen LogP contribution >= 0.6 is 8.25 Å². The van der Waals surface area contributed by atoms with Gasteiger partial charge < -0.3 is 5.11 Å². The number of hydrogen-bond acceptors (Lipinski definition) is 3. The van der Waals surface area contributed by atoms with Gasteiger partial charge in [0.25, 0.3) is 0 Å². The van der Waals surface area contributed by atoms with Gasteiger partial charge in [0.05, 0.1) is 0 Å². The Bertz CT molecular complexity index is 901. The molecule has 0 aromatic rings. The lowest BCUT2D eigenvalue weighted by atomic mass is 9.32. The highest BCUT2D eigenvalue weighted by Crippen LogP contribution is 2.77. The highest BCUT2D eigenvalue weighted by atomic mass is 31.1. The van der Waals surface area contributed by atoms with Crippen LogP contribution in [-0.2, 0) is 9.09 Å². The molecule has 0 heterocycles. The maximum atomic E-state index is 11.6. The minimum Gasteiger partial charge on any atom is -0.396 e. The Morgan fingerprint density at radius 1 is 0.914 bits per heavy atom. The molecule has 4 nitrogen and oxygen atoms in total. The van der Waals surface area contributed by atoms with E-state index in [-0.39, 0.29) is 33.2 Å². The van der Waals surface area contributed by atoms with Crippen molar-refractivity contribution in [2.75, 3.05) is 6.61 Å². The molecule has 5 aliphatic carbocycles. The Balaban J connectivity index is 1.51. The molecule has 35 heavy (non-hydrogen) atoms. The lowest BCUT2D eigenvalue weighted by Gasteiger charge is -2.72. The second-order valence-corrected chi connectivity index (χ2v) is 15.6. The maximum Gasteiger partial charge on any atom is 0.695 e. The van der Waals surface area contributed by atoms with Crippen LogP contribution in [0.1, 0.15) is 106 Å². The summed E-state index contributed by atoms with van der Waals surface area (Å²) in [6.07, 6.45) is 11.6. The smallest absolute Gasteiger partial charge is 0.396 e. The van der Waals surface area contributed by atoms with Crippen molar-refractivity contribution in [3.8, 4) is 0 Å². The highest BCUT2D eigenvalue weighted by Gasteiger charge is 2.71. The second-order valence-electron chi connectivity index (χ2n) is 14.9. The summed E-state index contributed by atoms with van der Waals surface area (Å²) in [4.78, 5) is 9.53. The minimum atomic E-state index is -2.57. The predicted molar refractivity (Wildman–Crippen MR) is 141 cm³/mol. The van der Waals surface area contributed by atoms with Gasteiger partial charge in [0.1, 0.15) is 6.10 Å². The van der Waals surface area contributed by atoms with Crippen LogP contribution in [0.15, 0.2) is 12.2 Å². The molecule has 0 bridgehead atoms. The Kier molecular flexibility index (Phi) is 6.29. The van der Waals surface area contributed by atoms with Crippen LogP contribution in [0.5, 0.6) is 0 Å². The van der Waals surface area contributed by atoms with E-state index in [1.54, 1.807) is 0 Å². The largest absolute Gasteiger partial charge is 0.695 e. The number of allylic oxidation sites excluding steroid dienone is 1. The first-order valence-corrected chi connectivity index (χ1v) is 15.5. The topological polar surface area (TPSA) is 66.8 Å². The van der Waals surface area contributed by atoms with Crippen molar-refractivity contribution in [1.29, 1.82) is 0 Å². The van der Waals surface area contributed by atoms with E-state index in [4.69, 9.17) is 4.52 Å². The number of aliphatic hydroxyl groups excluding tert-OH is 1. The van der Waals surface area contributed by atoms with Crippen LogP contribution in [0.3, 0.4) is 0 Å². The van der Waals surface area contributed by atoms with Crippen molar-refractivity contribution < 1.29 is 19.1 Å². The fraction of sp³-hybridized carbons (Fsp3) is 0.933. The summed E-state index contributed by atoms with van der Waals surface area (Å²) in [6, 6.07) is 0. The summed E-state index contributed by atoms with van der Waals surface area (Å²) < 4.78 is 17.2. The molecule has 11 atom stereocenters. The zero-order chi connectivity index (χ0) is 25.6. The molecule has 1 unspecified atom stereocenters.